The number of ether oxygens (including phenoxy) is 2. The Morgan fingerprint density at radius 3 is 1.44 bits per heavy atom. The van der Waals surface area contributed by atoms with E-state index in [9.17, 15) is 19.0 Å². The largest absolute Gasteiger partial charge is 0.756 e. The Morgan fingerprint density at radius 2 is 0.966 bits per heavy atom. The van der Waals surface area contributed by atoms with E-state index in [1.807, 2.05) is 21.1 Å². The van der Waals surface area contributed by atoms with Crippen LogP contribution in [0.3, 0.4) is 0 Å². The lowest BCUT2D eigenvalue weighted by Crippen LogP contribution is -2.37. The van der Waals surface area contributed by atoms with Gasteiger partial charge in [-0.3, -0.25) is 14.2 Å². The molecule has 9 nitrogen and oxygen atoms in total. The average Bonchev–Trinajstić information content (AvgIpc) is 3.19. The Kier molecular flexibility index (Phi) is 39.1. The van der Waals surface area contributed by atoms with Crippen LogP contribution in [0.15, 0.2) is 72.9 Å². The molecule has 0 N–H and O–H groups in total. The first kappa shape index (κ1) is 56.5. The molecule has 0 rings (SSSR count). The Balaban J connectivity index is 4.37. The molecule has 0 radical (unpaired) electrons. The zero-order chi connectivity index (χ0) is 43.6. The molecule has 0 aromatic heterocycles. The van der Waals surface area contributed by atoms with Crippen molar-refractivity contribution in [1.82, 2.24) is 0 Å². The molecule has 0 heterocycles. The highest BCUT2D eigenvalue weighted by molar-refractivity contribution is 7.45. The van der Waals surface area contributed by atoms with Gasteiger partial charge in [0.1, 0.15) is 19.8 Å². The quantitative estimate of drug-likeness (QED) is 0.0197. The van der Waals surface area contributed by atoms with Crippen LogP contribution in [0, 0.1) is 0 Å². The summed E-state index contributed by atoms with van der Waals surface area (Å²) < 4.78 is 33.9. The Hall–Kier alpha value is -2.55. The second kappa shape index (κ2) is 40.8. The van der Waals surface area contributed by atoms with Gasteiger partial charge in [-0.2, -0.15) is 0 Å². The van der Waals surface area contributed by atoms with Crippen molar-refractivity contribution in [3.05, 3.63) is 72.9 Å². The maximum Gasteiger partial charge on any atom is 0.306 e. The summed E-state index contributed by atoms with van der Waals surface area (Å²) in [4.78, 5) is 37.5. The monoisotopic (exact) mass is 848 g/mol. The normalized spacial score (nSPS) is 14.2. The van der Waals surface area contributed by atoms with Crippen LogP contribution in [-0.4, -0.2) is 70.0 Å². The summed E-state index contributed by atoms with van der Waals surface area (Å²) in [6.07, 6.45) is 50.7. The summed E-state index contributed by atoms with van der Waals surface area (Å²) >= 11 is 0. The molecule has 0 bridgehead atoms. The van der Waals surface area contributed by atoms with Crippen molar-refractivity contribution in [2.45, 2.75) is 180 Å². The van der Waals surface area contributed by atoms with Crippen LogP contribution in [-0.2, 0) is 32.7 Å². The summed E-state index contributed by atoms with van der Waals surface area (Å²) in [5, 5.41) is 0. The lowest BCUT2D eigenvalue weighted by molar-refractivity contribution is -0.870. The van der Waals surface area contributed by atoms with Gasteiger partial charge in [0.2, 0.25) is 0 Å². The minimum atomic E-state index is -4.63. The van der Waals surface area contributed by atoms with E-state index in [4.69, 9.17) is 18.5 Å². The molecular weight excluding hydrogens is 762 g/mol. The number of carbonyl (C=O) groups is 2. The number of nitrogens with zero attached hydrogens (tertiary/aromatic N) is 1. The van der Waals surface area contributed by atoms with Crippen molar-refractivity contribution in [2.24, 2.45) is 0 Å². The summed E-state index contributed by atoms with van der Waals surface area (Å²) in [5.41, 5.74) is 0. The highest BCUT2D eigenvalue weighted by Crippen LogP contribution is 2.38. The first-order chi connectivity index (χ1) is 28.5. The molecule has 0 aliphatic rings. The average molecular weight is 848 g/mol. The Labute approximate surface area is 361 Å². The Morgan fingerprint density at radius 1 is 0.542 bits per heavy atom. The number of allylic oxidation sites excluding steroid dienone is 12. The minimum absolute atomic E-state index is 0.0388. The number of likely N-dealkylation sites (N-methyl/N-ethyl adjacent to an activating group) is 1. The van der Waals surface area contributed by atoms with Crippen molar-refractivity contribution in [3.8, 4) is 0 Å². The molecule has 2 unspecified atom stereocenters. The van der Waals surface area contributed by atoms with Gasteiger partial charge >= 0.3 is 11.9 Å². The van der Waals surface area contributed by atoms with Gasteiger partial charge in [-0.15, -0.1) is 0 Å². The first-order valence-corrected chi connectivity index (χ1v) is 24.6. The summed E-state index contributed by atoms with van der Waals surface area (Å²) in [5.74, 6) is -0.867. The molecule has 0 saturated carbocycles. The van der Waals surface area contributed by atoms with Gasteiger partial charge in [-0.05, 0) is 64.2 Å². The fourth-order valence-electron chi connectivity index (χ4n) is 5.89. The van der Waals surface area contributed by atoms with Crippen LogP contribution in [0.4, 0.5) is 0 Å². The van der Waals surface area contributed by atoms with Gasteiger partial charge in [-0.1, -0.05) is 170 Å². The van der Waals surface area contributed by atoms with E-state index >= 15 is 0 Å². The number of hydrogen-bond donors (Lipinski definition) is 0. The van der Waals surface area contributed by atoms with Crippen LogP contribution < -0.4 is 4.89 Å². The maximum atomic E-state index is 12.7. The molecular formula is C49H86NO8P. The molecule has 0 amide bonds. The third-order valence-electron chi connectivity index (χ3n) is 9.49. The number of unbranched alkanes of at least 4 members (excludes halogenated alkanes) is 15. The maximum absolute atomic E-state index is 12.7. The number of carbonyl (C=O) groups excluding carboxylic acids is 2. The van der Waals surface area contributed by atoms with Crippen molar-refractivity contribution >= 4 is 19.8 Å². The first-order valence-electron chi connectivity index (χ1n) is 23.1. The number of phosphoric acid groups is 1. The fraction of sp³-hybridized carbons (Fsp3) is 0.714. The molecule has 0 aliphatic carbocycles. The molecule has 0 aromatic carbocycles. The van der Waals surface area contributed by atoms with Crippen molar-refractivity contribution in [1.29, 1.82) is 0 Å². The number of quaternary nitrogens is 1. The van der Waals surface area contributed by atoms with Crippen LogP contribution in [0.1, 0.15) is 174 Å². The number of hydrogen-bond acceptors (Lipinski definition) is 8. The van der Waals surface area contributed by atoms with Gasteiger partial charge in [0.15, 0.2) is 6.10 Å². The van der Waals surface area contributed by atoms with Gasteiger partial charge in [0.25, 0.3) is 7.82 Å². The van der Waals surface area contributed by atoms with Crippen molar-refractivity contribution < 1.29 is 42.1 Å². The van der Waals surface area contributed by atoms with E-state index in [1.165, 1.54) is 57.8 Å². The lowest BCUT2D eigenvalue weighted by atomic mass is 10.0. The minimum Gasteiger partial charge on any atom is -0.756 e. The van der Waals surface area contributed by atoms with Crippen LogP contribution in [0.2, 0.25) is 0 Å². The molecule has 340 valence electrons. The van der Waals surface area contributed by atoms with Gasteiger partial charge in [0.05, 0.1) is 27.7 Å². The molecule has 2 atom stereocenters. The second-order valence-corrected chi connectivity index (χ2v) is 17.8. The number of esters is 2. The van der Waals surface area contributed by atoms with Crippen LogP contribution in [0.25, 0.3) is 0 Å². The molecule has 0 spiro atoms. The zero-order valence-corrected chi connectivity index (χ0v) is 39.1. The van der Waals surface area contributed by atoms with Gasteiger partial charge in [-0.25, -0.2) is 0 Å². The van der Waals surface area contributed by atoms with Crippen molar-refractivity contribution in [2.75, 3.05) is 47.5 Å². The SMILES string of the molecule is CC/C=C\C/C=C\C/C=C\C/C=C\C/C=C\C/C=C\CCCCCCC(=O)OC(COC(=O)CCCCCCCCCCCCCC)COP(=O)([O-])OCC[N+](C)(C)C. The van der Waals surface area contributed by atoms with Gasteiger partial charge in [0, 0.05) is 12.8 Å². The Bertz CT molecular complexity index is 1230. The van der Waals surface area contributed by atoms with Crippen LogP contribution >= 0.6 is 7.82 Å². The van der Waals surface area contributed by atoms with E-state index in [1.54, 1.807) is 0 Å². The third-order valence-corrected chi connectivity index (χ3v) is 10.5. The topological polar surface area (TPSA) is 111 Å². The van der Waals surface area contributed by atoms with Gasteiger partial charge < -0.3 is 27.9 Å². The van der Waals surface area contributed by atoms with Crippen molar-refractivity contribution in [3.63, 3.8) is 0 Å². The summed E-state index contributed by atoms with van der Waals surface area (Å²) in [7, 11) is 1.14. The van der Waals surface area contributed by atoms with E-state index in [0.29, 0.717) is 17.4 Å². The van der Waals surface area contributed by atoms with E-state index < -0.39 is 32.5 Å². The highest BCUT2D eigenvalue weighted by Gasteiger charge is 2.21. The molecule has 0 saturated heterocycles. The molecule has 0 aliphatic heterocycles. The molecule has 0 fully saturated rings. The zero-order valence-electron chi connectivity index (χ0n) is 38.2. The summed E-state index contributed by atoms with van der Waals surface area (Å²) in [6, 6.07) is 0. The number of phosphoric ester groups is 1. The van der Waals surface area contributed by atoms with Crippen LogP contribution in [0.5, 0.6) is 0 Å². The summed E-state index contributed by atoms with van der Waals surface area (Å²) in [6.45, 7) is 4.07. The molecule has 10 heteroatoms. The second-order valence-electron chi connectivity index (χ2n) is 16.4. The van der Waals surface area contributed by atoms with E-state index in [-0.39, 0.29) is 26.1 Å². The number of rotatable bonds is 41. The predicted octanol–water partition coefficient (Wildman–Crippen LogP) is 12.8. The fourth-order valence-corrected chi connectivity index (χ4v) is 6.62. The molecule has 0 aromatic rings. The predicted molar refractivity (Wildman–Crippen MR) is 245 cm³/mol. The smallest absolute Gasteiger partial charge is 0.306 e. The highest BCUT2D eigenvalue weighted by atomic mass is 31.2. The van der Waals surface area contributed by atoms with E-state index in [0.717, 1.165) is 83.5 Å². The lowest BCUT2D eigenvalue weighted by Gasteiger charge is -2.28. The molecule has 59 heavy (non-hydrogen) atoms. The van der Waals surface area contributed by atoms with E-state index in [2.05, 4.69) is 86.8 Å². The standard InChI is InChI=1S/C49H86NO8P/c1-6-8-10-12-14-16-18-20-21-22-23-24-25-26-27-28-29-30-32-34-36-38-40-42-49(52)58-47(46-57-59(53,54)56-44-43-50(3,4)5)45-55-48(51)41-39-37-35-33-31-19-17-15-13-11-9-7-2/h8,10,14,16,20-21,23-24,26-27,29-30,47H,6-7,9,11-13,15,17-19,22,25,28,31-46H2,1-5H3/b10-8-,16-14-,21-20-,24-23-,27-26-,30-29-. The third kappa shape index (κ3) is 44.8.